The third-order valence-electron chi connectivity index (χ3n) is 5.49. The fourth-order valence-electron chi connectivity index (χ4n) is 3.78. The molecular weight excluding hydrogens is 659 g/mol. The van der Waals surface area contributed by atoms with E-state index in [1.807, 2.05) is 0 Å². The summed E-state index contributed by atoms with van der Waals surface area (Å²) in [5.74, 6) is -3.12. The largest absolute Gasteiger partial charge is 0.507 e. The van der Waals surface area contributed by atoms with Crippen molar-refractivity contribution in [3.8, 4) is 17.2 Å². The standard InChI is InChI=1S/C20H14N2O15S4.Na/c23-14-6-11(39(29,30)31)2-8-1-10(38(26,27)28)5-13(17(8)14)21-22-19-16(41(35,36)37)4-9-3-12(40(32,33)34)7-15(24)18(9)20(19)25;/h1-7,23-25H,(H,26,27,28)(H,29,30,31)(H,32,33,34)(H,35,36,37);. The van der Waals surface area contributed by atoms with Gasteiger partial charge < -0.3 is 15.3 Å². The average Bonchev–Trinajstić information content (AvgIpc) is 2.80. The Morgan fingerprint density at radius 2 is 0.905 bits per heavy atom. The van der Waals surface area contributed by atoms with Gasteiger partial charge in [0, 0.05) is 41.7 Å². The average molecular weight is 674 g/mol. The van der Waals surface area contributed by atoms with Crippen LogP contribution in [0.3, 0.4) is 0 Å². The zero-order valence-electron chi connectivity index (χ0n) is 20.5. The third kappa shape index (κ3) is 6.50. The van der Waals surface area contributed by atoms with Gasteiger partial charge in [-0.15, -0.1) is 10.2 Å². The van der Waals surface area contributed by atoms with Crippen LogP contribution in [-0.4, -0.2) is 96.8 Å². The molecule has 0 saturated carbocycles. The molecule has 4 aromatic carbocycles. The molecular formula is C20H14N2NaO15S4. The molecule has 0 aliphatic carbocycles. The van der Waals surface area contributed by atoms with Gasteiger partial charge in [-0.1, -0.05) is 0 Å². The molecule has 42 heavy (non-hydrogen) atoms. The Kier molecular flexibility index (Phi) is 8.74. The second-order valence-electron chi connectivity index (χ2n) is 8.20. The fraction of sp³-hybridized carbons (Fsp3) is 0. The van der Waals surface area contributed by atoms with Crippen LogP contribution in [0.25, 0.3) is 21.5 Å². The smallest absolute Gasteiger partial charge is 0.296 e. The van der Waals surface area contributed by atoms with Crippen LogP contribution < -0.4 is 0 Å². The van der Waals surface area contributed by atoms with Crippen LogP contribution >= 0.6 is 0 Å². The maximum Gasteiger partial charge on any atom is 0.296 e. The van der Waals surface area contributed by atoms with Crippen molar-refractivity contribution in [3.05, 3.63) is 42.5 Å². The Balaban J connectivity index is 0.00000484. The Bertz CT molecular complexity index is 2280. The Hall–Kier alpha value is -2.96. The maximum absolute atomic E-state index is 12.1. The molecule has 22 heteroatoms. The number of nitrogens with zero attached hydrogens (tertiary/aromatic N) is 2. The summed E-state index contributed by atoms with van der Waals surface area (Å²) < 4.78 is 132. The number of phenols is 3. The molecule has 0 aliphatic rings. The van der Waals surface area contributed by atoms with Crippen molar-refractivity contribution in [3.63, 3.8) is 0 Å². The van der Waals surface area contributed by atoms with E-state index in [-0.39, 0.29) is 29.6 Å². The van der Waals surface area contributed by atoms with E-state index in [0.717, 1.165) is 0 Å². The first kappa shape index (κ1) is 33.5. The van der Waals surface area contributed by atoms with Crippen LogP contribution in [0.1, 0.15) is 0 Å². The zero-order valence-corrected chi connectivity index (χ0v) is 25.7. The molecule has 0 amide bonds. The molecule has 0 atom stereocenters. The minimum atomic E-state index is -5.30. The van der Waals surface area contributed by atoms with E-state index < -0.39 is 110 Å². The minimum Gasteiger partial charge on any atom is -0.507 e. The molecule has 0 fully saturated rings. The summed E-state index contributed by atoms with van der Waals surface area (Å²) in [6.45, 7) is 0. The predicted molar refractivity (Wildman–Crippen MR) is 142 cm³/mol. The van der Waals surface area contributed by atoms with Crippen LogP contribution in [-0.2, 0) is 40.5 Å². The van der Waals surface area contributed by atoms with Gasteiger partial charge in [0.1, 0.15) is 22.1 Å². The van der Waals surface area contributed by atoms with E-state index in [1.165, 1.54) is 0 Å². The maximum atomic E-state index is 12.1. The van der Waals surface area contributed by atoms with Crippen molar-refractivity contribution in [2.24, 2.45) is 10.2 Å². The van der Waals surface area contributed by atoms with Crippen LogP contribution in [0.5, 0.6) is 17.2 Å². The summed E-state index contributed by atoms with van der Waals surface area (Å²) in [5, 5.41) is 36.5. The SMILES string of the molecule is O=S(=O)(O)c1cc(O)c2c(N=Nc3c(S(=O)(=O)O)cc4cc(S(=O)(=O)O)cc(O)c4c3O)cc(S(=O)(=O)O)cc2c1.[Na]. The molecule has 0 aromatic heterocycles. The number of phenolic OH excluding ortho intramolecular Hbond substituents is 3. The van der Waals surface area contributed by atoms with E-state index >= 15 is 0 Å². The summed E-state index contributed by atoms with van der Waals surface area (Å²) in [7, 11) is -20.2. The van der Waals surface area contributed by atoms with Gasteiger partial charge in [0.15, 0.2) is 5.75 Å². The molecule has 7 N–H and O–H groups in total. The quantitative estimate of drug-likeness (QED) is 0.0876. The molecule has 0 saturated heterocycles. The first-order valence-electron chi connectivity index (χ1n) is 10.2. The number of azo groups is 1. The van der Waals surface area contributed by atoms with Gasteiger partial charge in [-0.05, 0) is 41.1 Å². The van der Waals surface area contributed by atoms with E-state index in [9.17, 15) is 67.2 Å². The topological polar surface area (TPSA) is 303 Å². The van der Waals surface area contributed by atoms with Crippen LogP contribution in [0, 0.1) is 0 Å². The van der Waals surface area contributed by atoms with Gasteiger partial charge in [-0.25, -0.2) is 0 Å². The van der Waals surface area contributed by atoms with Crippen LogP contribution in [0.2, 0.25) is 0 Å². The summed E-state index contributed by atoms with van der Waals surface area (Å²) in [6.07, 6.45) is 0. The molecule has 219 valence electrons. The molecule has 0 bridgehead atoms. The summed E-state index contributed by atoms with van der Waals surface area (Å²) >= 11 is 0. The van der Waals surface area contributed by atoms with Gasteiger partial charge in [-0.2, -0.15) is 33.7 Å². The van der Waals surface area contributed by atoms with E-state index in [2.05, 4.69) is 10.2 Å². The molecule has 0 spiro atoms. The Morgan fingerprint density at radius 1 is 0.500 bits per heavy atom. The van der Waals surface area contributed by atoms with E-state index in [4.69, 9.17) is 0 Å². The van der Waals surface area contributed by atoms with Crippen LogP contribution in [0.4, 0.5) is 11.4 Å². The third-order valence-corrected chi connectivity index (χ3v) is 8.85. The molecule has 17 nitrogen and oxygen atoms in total. The fourth-order valence-corrected chi connectivity index (χ4v) is 6.05. The number of benzene rings is 4. The number of hydrogen-bond acceptors (Lipinski definition) is 13. The van der Waals surface area contributed by atoms with Crippen molar-refractivity contribution < 1.29 is 67.2 Å². The van der Waals surface area contributed by atoms with Crippen molar-refractivity contribution in [2.75, 3.05) is 0 Å². The van der Waals surface area contributed by atoms with E-state index in [0.29, 0.717) is 42.5 Å². The summed E-state index contributed by atoms with van der Waals surface area (Å²) in [4.78, 5) is -3.95. The monoisotopic (exact) mass is 673 g/mol. The van der Waals surface area contributed by atoms with E-state index in [1.54, 1.807) is 0 Å². The number of hydrogen-bond donors (Lipinski definition) is 7. The molecule has 1 radical (unpaired) electrons. The van der Waals surface area contributed by atoms with Crippen molar-refractivity contribution in [1.82, 2.24) is 0 Å². The minimum absolute atomic E-state index is 0. The van der Waals surface area contributed by atoms with Gasteiger partial charge in [0.05, 0.1) is 31.1 Å². The predicted octanol–water partition coefficient (Wildman–Crippen LogP) is 2.13. The first-order valence-corrected chi connectivity index (χ1v) is 16.0. The van der Waals surface area contributed by atoms with Gasteiger partial charge in [0.25, 0.3) is 40.5 Å². The van der Waals surface area contributed by atoms with Crippen molar-refractivity contribution >= 4 is 103 Å². The molecule has 0 unspecified atom stereocenters. The van der Waals surface area contributed by atoms with Crippen molar-refractivity contribution in [1.29, 1.82) is 0 Å². The number of aromatic hydroxyl groups is 3. The molecule has 0 heterocycles. The second-order valence-corrected chi connectivity index (χ2v) is 13.9. The Labute approximate surface area is 258 Å². The number of fused-ring (bicyclic) bond motifs is 2. The molecule has 0 aliphatic heterocycles. The summed E-state index contributed by atoms with van der Waals surface area (Å²) in [5.41, 5.74) is -1.77. The first-order chi connectivity index (χ1) is 18.6. The van der Waals surface area contributed by atoms with Crippen LogP contribution in [0.15, 0.2) is 72.3 Å². The number of rotatable bonds is 6. The van der Waals surface area contributed by atoms with Gasteiger partial charge in [-0.3, -0.25) is 18.2 Å². The summed E-state index contributed by atoms with van der Waals surface area (Å²) in [6, 6.07) is 4.24. The van der Waals surface area contributed by atoms with Gasteiger partial charge in [0.2, 0.25) is 0 Å². The van der Waals surface area contributed by atoms with Crippen molar-refractivity contribution in [2.45, 2.75) is 19.6 Å². The normalized spacial score (nSPS) is 13.0. The molecule has 4 rings (SSSR count). The van der Waals surface area contributed by atoms with Gasteiger partial charge >= 0.3 is 0 Å². The molecule has 4 aromatic rings. The zero-order chi connectivity index (χ0) is 30.9. The second kappa shape index (κ2) is 10.9. The Morgan fingerprint density at radius 3 is 1.33 bits per heavy atom.